The third kappa shape index (κ3) is 2.59. The van der Waals surface area contributed by atoms with Crippen LogP contribution in [0.4, 0.5) is 16.4 Å². The van der Waals surface area contributed by atoms with Gasteiger partial charge in [0.05, 0.1) is 11.0 Å². The van der Waals surface area contributed by atoms with Crippen LogP contribution < -0.4 is 11.1 Å². The SMILES string of the molecule is Nc1ccc(C(=O)c2ccc3nc(NC(=O)O)[nH]c3c2)cc1. The van der Waals surface area contributed by atoms with E-state index in [-0.39, 0.29) is 11.7 Å². The number of anilines is 2. The standard InChI is InChI=1S/C15H12N4O3/c16-10-4-1-8(2-5-10)13(20)9-3-6-11-12(7-9)18-14(17-11)19-15(21)22/h1-7H,16H2,(H,21,22)(H2,17,18,19). The summed E-state index contributed by atoms with van der Waals surface area (Å²) in [5.74, 6) is -0.0381. The molecular formula is C15H12N4O3. The van der Waals surface area contributed by atoms with Gasteiger partial charge in [-0.1, -0.05) is 0 Å². The molecule has 0 unspecified atom stereocenters. The second-order valence-corrected chi connectivity index (χ2v) is 4.70. The van der Waals surface area contributed by atoms with Gasteiger partial charge in [0, 0.05) is 16.8 Å². The molecule has 3 rings (SSSR count). The predicted molar refractivity (Wildman–Crippen MR) is 82.0 cm³/mol. The summed E-state index contributed by atoms with van der Waals surface area (Å²) in [4.78, 5) is 29.9. The van der Waals surface area contributed by atoms with E-state index in [2.05, 4.69) is 15.3 Å². The summed E-state index contributed by atoms with van der Waals surface area (Å²) >= 11 is 0. The number of H-pyrrole nitrogens is 1. The molecule has 0 atom stereocenters. The summed E-state index contributed by atoms with van der Waals surface area (Å²) in [5.41, 5.74) is 8.33. The predicted octanol–water partition coefficient (Wildman–Crippen LogP) is 2.47. The van der Waals surface area contributed by atoms with Gasteiger partial charge in [0.1, 0.15) is 0 Å². The highest BCUT2D eigenvalue weighted by Crippen LogP contribution is 2.19. The van der Waals surface area contributed by atoms with Crippen LogP contribution in [-0.2, 0) is 0 Å². The van der Waals surface area contributed by atoms with Gasteiger partial charge in [-0.3, -0.25) is 10.1 Å². The first kappa shape index (κ1) is 13.6. The molecule has 0 aliphatic carbocycles. The van der Waals surface area contributed by atoms with Crippen molar-refractivity contribution in [3.63, 3.8) is 0 Å². The fraction of sp³-hybridized carbons (Fsp3) is 0. The van der Waals surface area contributed by atoms with E-state index in [4.69, 9.17) is 10.8 Å². The molecule has 0 radical (unpaired) electrons. The van der Waals surface area contributed by atoms with Crippen LogP contribution in [-0.4, -0.2) is 27.0 Å². The summed E-state index contributed by atoms with van der Waals surface area (Å²) in [6.45, 7) is 0. The molecule has 0 saturated heterocycles. The topological polar surface area (TPSA) is 121 Å². The summed E-state index contributed by atoms with van der Waals surface area (Å²) < 4.78 is 0. The maximum Gasteiger partial charge on any atom is 0.411 e. The van der Waals surface area contributed by atoms with E-state index < -0.39 is 6.09 Å². The molecule has 7 nitrogen and oxygen atoms in total. The zero-order valence-corrected chi connectivity index (χ0v) is 11.3. The van der Waals surface area contributed by atoms with Crippen LogP contribution >= 0.6 is 0 Å². The van der Waals surface area contributed by atoms with Crippen molar-refractivity contribution in [3.05, 3.63) is 53.6 Å². The van der Waals surface area contributed by atoms with Crippen LogP contribution in [0.25, 0.3) is 11.0 Å². The Morgan fingerprint density at radius 2 is 1.77 bits per heavy atom. The number of carbonyl (C=O) groups is 2. The molecule has 110 valence electrons. The number of aromatic amines is 1. The average molecular weight is 296 g/mol. The van der Waals surface area contributed by atoms with E-state index in [1.54, 1.807) is 42.5 Å². The number of ketones is 1. The van der Waals surface area contributed by atoms with Crippen molar-refractivity contribution in [3.8, 4) is 0 Å². The minimum Gasteiger partial charge on any atom is -0.465 e. The van der Waals surface area contributed by atoms with Gasteiger partial charge in [0.15, 0.2) is 5.78 Å². The van der Waals surface area contributed by atoms with Gasteiger partial charge in [0.25, 0.3) is 0 Å². The van der Waals surface area contributed by atoms with Gasteiger partial charge in [-0.05, 0) is 42.5 Å². The van der Waals surface area contributed by atoms with Gasteiger partial charge in [-0.25, -0.2) is 9.78 Å². The molecule has 22 heavy (non-hydrogen) atoms. The van der Waals surface area contributed by atoms with Crippen molar-refractivity contribution in [2.75, 3.05) is 11.1 Å². The highest BCUT2D eigenvalue weighted by molar-refractivity contribution is 6.10. The molecule has 7 heteroatoms. The highest BCUT2D eigenvalue weighted by Gasteiger charge is 2.12. The quantitative estimate of drug-likeness (QED) is 0.437. The van der Waals surface area contributed by atoms with Crippen LogP contribution in [0.3, 0.4) is 0 Å². The average Bonchev–Trinajstić information content (AvgIpc) is 2.87. The molecule has 1 amide bonds. The Morgan fingerprint density at radius 1 is 1.09 bits per heavy atom. The number of imidazole rings is 1. The van der Waals surface area contributed by atoms with Crippen molar-refractivity contribution in [1.82, 2.24) is 9.97 Å². The number of carbonyl (C=O) groups excluding carboxylic acids is 1. The number of carboxylic acid groups (broad SMARTS) is 1. The molecule has 3 aromatic rings. The van der Waals surface area contributed by atoms with Crippen LogP contribution in [0, 0.1) is 0 Å². The molecule has 0 aliphatic heterocycles. The molecule has 0 aliphatic rings. The number of nitrogens with zero attached hydrogens (tertiary/aromatic N) is 1. The number of fused-ring (bicyclic) bond motifs is 1. The number of nitrogens with one attached hydrogen (secondary N) is 2. The van der Waals surface area contributed by atoms with Gasteiger partial charge < -0.3 is 15.8 Å². The van der Waals surface area contributed by atoms with Crippen LogP contribution in [0.5, 0.6) is 0 Å². The number of nitrogen functional groups attached to an aromatic ring is 1. The molecule has 2 aromatic carbocycles. The normalized spacial score (nSPS) is 10.5. The smallest absolute Gasteiger partial charge is 0.411 e. The van der Waals surface area contributed by atoms with Gasteiger partial charge in [0.2, 0.25) is 5.95 Å². The van der Waals surface area contributed by atoms with Gasteiger partial charge in [-0.15, -0.1) is 0 Å². The zero-order valence-electron chi connectivity index (χ0n) is 11.3. The Balaban J connectivity index is 1.95. The van der Waals surface area contributed by atoms with Gasteiger partial charge >= 0.3 is 6.09 Å². The first-order valence-corrected chi connectivity index (χ1v) is 6.43. The fourth-order valence-corrected chi connectivity index (χ4v) is 2.11. The number of hydrogen-bond acceptors (Lipinski definition) is 4. The number of aromatic nitrogens is 2. The van der Waals surface area contributed by atoms with E-state index in [0.717, 1.165) is 0 Å². The summed E-state index contributed by atoms with van der Waals surface area (Å²) in [6, 6.07) is 11.6. The number of hydrogen-bond donors (Lipinski definition) is 4. The summed E-state index contributed by atoms with van der Waals surface area (Å²) in [7, 11) is 0. The molecule has 0 bridgehead atoms. The number of amides is 1. The highest BCUT2D eigenvalue weighted by atomic mass is 16.4. The summed E-state index contributed by atoms with van der Waals surface area (Å²) in [5, 5.41) is 10.8. The maximum absolute atomic E-state index is 12.4. The lowest BCUT2D eigenvalue weighted by atomic mass is 10.0. The van der Waals surface area contributed by atoms with Crippen LogP contribution in [0.15, 0.2) is 42.5 Å². The Hall–Kier alpha value is -3.35. The van der Waals surface area contributed by atoms with E-state index in [0.29, 0.717) is 27.8 Å². The first-order valence-electron chi connectivity index (χ1n) is 6.43. The Kier molecular flexibility index (Phi) is 3.23. The lowest BCUT2D eigenvalue weighted by Crippen LogP contribution is -2.08. The zero-order chi connectivity index (χ0) is 15.7. The number of nitrogens with two attached hydrogens (primary N) is 1. The maximum atomic E-state index is 12.4. The van der Waals surface area contributed by atoms with Crippen molar-refractivity contribution < 1.29 is 14.7 Å². The fourth-order valence-electron chi connectivity index (χ4n) is 2.11. The van der Waals surface area contributed by atoms with Crippen LogP contribution in [0.2, 0.25) is 0 Å². The molecule has 1 aromatic heterocycles. The third-order valence-corrected chi connectivity index (χ3v) is 3.14. The van der Waals surface area contributed by atoms with Crippen molar-refractivity contribution in [2.45, 2.75) is 0 Å². The lowest BCUT2D eigenvalue weighted by Gasteiger charge is -2.01. The summed E-state index contributed by atoms with van der Waals surface area (Å²) in [6.07, 6.45) is -1.21. The lowest BCUT2D eigenvalue weighted by molar-refractivity contribution is 0.103. The second-order valence-electron chi connectivity index (χ2n) is 4.70. The first-order chi connectivity index (χ1) is 10.5. The second kappa shape index (κ2) is 5.21. The molecule has 0 spiro atoms. The number of rotatable bonds is 3. The van der Waals surface area contributed by atoms with Crippen LogP contribution in [0.1, 0.15) is 15.9 Å². The molecule has 5 N–H and O–H groups in total. The Bertz CT molecular complexity index is 868. The van der Waals surface area contributed by atoms with Crippen molar-refractivity contribution >= 4 is 34.5 Å². The Labute approximate surface area is 124 Å². The molecule has 0 fully saturated rings. The number of benzene rings is 2. The van der Waals surface area contributed by atoms with Crippen molar-refractivity contribution in [1.29, 1.82) is 0 Å². The van der Waals surface area contributed by atoms with Crippen molar-refractivity contribution in [2.24, 2.45) is 0 Å². The minimum absolute atomic E-state index is 0.111. The van der Waals surface area contributed by atoms with E-state index in [1.807, 2.05) is 0 Å². The third-order valence-electron chi connectivity index (χ3n) is 3.14. The molecular weight excluding hydrogens is 284 g/mol. The Morgan fingerprint density at radius 3 is 2.45 bits per heavy atom. The monoisotopic (exact) mass is 296 g/mol. The van der Waals surface area contributed by atoms with E-state index in [9.17, 15) is 9.59 Å². The van der Waals surface area contributed by atoms with E-state index >= 15 is 0 Å². The van der Waals surface area contributed by atoms with Gasteiger partial charge in [-0.2, -0.15) is 0 Å². The molecule has 1 heterocycles. The largest absolute Gasteiger partial charge is 0.465 e. The molecule has 0 saturated carbocycles. The minimum atomic E-state index is -1.21. The van der Waals surface area contributed by atoms with E-state index in [1.165, 1.54) is 0 Å².